The maximum Gasteiger partial charge on any atom is 0.239 e. The molecule has 4 nitrogen and oxygen atoms in total. The van der Waals surface area contributed by atoms with Crippen LogP contribution in [0.4, 0.5) is 0 Å². The van der Waals surface area contributed by atoms with Crippen molar-refractivity contribution in [2.75, 3.05) is 19.6 Å². The molecular formula is C17H25ClN2O2. The summed E-state index contributed by atoms with van der Waals surface area (Å²) in [7, 11) is 0. The largest absolute Gasteiger partial charge is 0.367 e. The molecule has 2 aliphatic rings. The van der Waals surface area contributed by atoms with Crippen LogP contribution < -0.4 is 5.32 Å². The van der Waals surface area contributed by atoms with Crippen LogP contribution in [0, 0.1) is 0 Å². The van der Waals surface area contributed by atoms with Gasteiger partial charge < -0.3 is 15.0 Å². The summed E-state index contributed by atoms with van der Waals surface area (Å²) in [5.41, 5.74) is 1.15. The second kappa shape index (κ2) is 7.95. The minimum absolute atomic E-state index is 0. The number of morpholine rings is 1. The van der Waals surface area contributed by atoms with Crippen molar-refractivity contribution in [3.05, 3.63) is 35.9 Å². The third kappa shape index (κ3) is 4.00. The van der Waals surface area contributed by atoms with E-state index in [1.54, 1.807) is 0 Å². The van der Waals surface area contributed by atoms with E-state index in [-0.39, 0.29) is 36.6 Å². The van der Waals surface area contributed by atoms with Gasteiger partial charge >= 0.3 is 0 Å². The SMILES string of the molecule is CC1CN(C(=O)C2CCCCN2)CC(c2ccccc2)O1.Cl. The fourth-order valence-electron chi connectivity index (χ4n) is 3.27. The van der Waals surface area contributed by atoms with Crippen molar-refractivity contribution in [3.63, 3.8) is 0 Å². The molecule has 1 aromatic carbocycles. The molecule has 5 heteroatoms. The van der Waals surface area contributed by atoms with Gasteiger partial charge in [-0.15, -0.1) is 12.4 Å². The molecule has 0 saturated carbocycles. The highest BCUT2D eigenvalue weighted by atomic mass is 35.5. The minimum atomic E-state index is -0.0116. The highest BCUT2D eigenvalue weighted by molar-refractivity contribution is 5.85. The number of hydrogen-bond acceptors (Lipinski definition) is 3. The summed E-state index contributed by atoms with van der Waals surface area (Å²) in [6.07, 6.45) is 3.35. The number of rotatable bonds is 2. The maximum atomic E-state index is 12.7. The first-order valence-corrected chi connectivity index (χ1v) is 7.96. The van der Waals surface area contributed by atoms with Crippen LogP contribution in [0.5, 0.6) is 0 Å². The zero-order valence-corrected chi connectivity index (χ0v) is 13.8. The molecule has 1 aromatic rings. The predicted octanol–water partition coefficient (Wildman–Crippen LogP) is 2.54. The standard InChI is InChI=1S/C17H24N2O2.ClH/c1-13-11-19(17(20)15-9-5-6-10-18-15)12-16(21-13)14-7-3-2-4-8-14;/h2-4,7-8,13,15-16,18H,5-6,9-12H2,1H3;1H. The quantitative estimate of drug-likeness (QED) is 0.909. The van der Waals surface area contributed by atoms with Crippen LogP contribution in [-0.2, 0) is 9.53 Å². The van der Waals surface area contributed by atoms with E-state index < -0.39 is 0 Å². The lowest BCUT2D eigenvalue weighted by atomic mass is 10.0. The highest BCUT2D eigenvalue weighted by Gasteiger charge is 2.33. The van der Waals surface area contributed by atoms with Crippen molar-refractivity contribution < 1.29 is 9.53 Å². The predicted molar refractivity (Wildman–Crippen MR) is 89.2 cm³/mol. The number of carbonyl (C=O) groups excluding carboxylic acids is 1. The van der Waals surface area contributed by atoms with Crippen LogP contribution in [0.3, 0.4) is 0 Å². The summed E-state index contributed by atoms with van der Waals surface area (Å²) in [5.74, 6) is 0.241. The minimum Gasteiger partial charge on any atom is -0.367 e. The molecule has 2 saturated heterocycles. The van der Waals surface area contributed by atoms with E-state index in [1.807, 2.05) is 30.0 Å². The van der Waals surface area contributed by atoms with Crippen LogP contribution in [-0.4, -0.2) is 42.6 Å². The Bertz CT molecular complexity index is 477. The molecule has 0 spiro atoms. The van der Waals surface area contributed by atoms with E-state index in [1.165, 1.54) is 6.42 Å². The van der Waals surface area contributed by atoms with Gasteiger partial charge in [0.1, 0.15) is 6.10 Å². The Balaban J connectivity index is 0.00000176. The molecule has 122 valence electrons. The highest BCUT2D eigenvalue weighted by Crippen LogP contribution is 2.26. The second-order valence-corrected chi connectivity index (χ2v) is 6.09. The van der Waals surface area contributed by atoms with Gasteiger partial charge in [-0.3, -0.25) is 4.79 Å². The first-order chi connectivity index (χ1) is 10.2. The number of nitrogens with one attached hydrogen (secondary N) is 1. The fraction of sp³-hybridized carbons (Fsp3) is 0.588. The van der Waals surface area contributed by atoms with Gasteiger partial charge in [0, 0.05) is 6.54 Å². The van der Waals surface area contributed by atoms with Gasteiger partial charge in [0.2, 0.25) is 5.91 Å². The molecule has 3 atom stereocenters. The van der Waals surface area contributed by atoms with E-state index in [9.17, 15) is 4.79 Å². The number of amides is 1. The average molecular weight is 325 g/mol. The van der Waals surface area contributed by atoms with Gasteiger partial charge in [0.25, 0.3) is 0 Å². The smallest absolute Gasteiger partial charge is 0.239 e. The van der Waals surface area contributed by atoms with Crippen molar-refractivity contribution in [2.24, 2.45) is 0 Å². The summed E-state index contributed by atoms with van der Waals surface area (Å²) in [5, 5.41) is 3.35. The van der Waals surface area contributed by atoms with Gasteiger partial charge in [0.15, 0.2) is 0 Å². The zero-order chi connectivity index (χ0) is 14.7. The Kier molecular flexibility index (Phi) is 6.24. The molecule has 3 rings (SSSR count). The molecule has 2 aliphatic heterocycles. The zero-order valence-electron chi connectivity index (χ0n) is 13.0. The summed E-state index contributed by atoms with van der Waals surface area (Å²) < 4.78 is 6.03. The molecule has 22 heavy (non-hydrogen) atoms. The molecule has 1 N–H and O–H groups in total. The molecule has 0 aromatic heterocycles. The summed E-state index contributed by atoms with van der Waals surface area (Å²) in [6.45, 7) is 4.35. The number of halogens is 1. The lowest BCUT2D eigenvalue weighted by Gasteiger charge is -2.39. The van der Waals surface area contributed by atoms with Crippen molar-refractivity contribution in [1.29, 1.82) is 0 Å². The van der Waals surface area contributed by atoms with Gasteiger partial charge in [-0.2, -0.15) is 0 Å². The molecule has 0 bridgehead atoms. The number of piperidine rings is 1. The van der Waals surface area contributed by atoms with Crippen LogP contribution in [0.25, 0.3) is 0 Å². The van der Waals surface area contributed by atoms with E-state index in [0.717, 1.165) is 24.9 Å². The number of ether oxygens (including phenoxy) is 1. The van der Waals surface area contributed by atoms with Gasteiger partial charge in [-0.1, -0.05) is 36.8 Å². The van der Waals surface area contributed by atoms with Gasteiger partial charge in [0.05, 0.1) is 18.7 Å². The molecule has 2 fully saturated rings. The fourth-order valence-corrected chi connectivity index (χ4v) is 3.27. The van der Waals surface area contributed by atoms with Crippen LogP contribution in [0.2, 0.25) is 0 Å². The third-order valence-corrected chi connectivity index (χ3v) is 4.35. The lowest BCUT2D eigenvalue weighted by Crippen LogP contribution is -2.53. The van der Waals surface area contributed by atoms with Crippen LogP contribution in [0.1, 0.15) is 37.9 Å². The van der Waals surface area contributed by atoms with Crippen molar-refractivity contribution in [1.82, 2.24) is 10.2 Å². The Morgan fingerprint density at radius 1 is 1.23 bits per heavy atom. The molecule has 0 radical (unpaired) electrons. The summed E-state index contributed by atoms with van der Waals surface area (Å²) in [6, 6.07) is 10.2. The van der Waals surface area contributed by atoms with Crippen molar-refractivity contribution in [3.8, 4) is 0 Å². The topological polar surface area (TPSA) is 41.6 Å². The van der Waals surface area contributed by atoms with Crippen molar-refractivity contribution >= 4 is 18.3 Å². The first kappa shape index (κ1) is 17.3. The normalized spacial score (nSPS) is 28.8. The number of hydrogen-bond donors (Lipinski definition) is 1. The van der Waals surface area contributed by atoms with E-state index in [4.69, 9.17) is 4.74 Å². The summed E-state index contributed by atoms with van der Waals surface area (Å²) in [4.78, 5) is 14.7. The maximum absolute atomic E-state index is 12.7. The molecule has 1 amide bonds. The van der Waals surface area contributed by atoms with Gasteiger partial charge in [-0.25, -0.2) is 0 Å². The van der Waals surface area contributed by atoms with E-state index in [0.29, 0.717) is 13.1 Å². The molecule has 0 aliphatic carbocycles. The summed E-state index contributed by atoms with van der Waals surface area (Å²) >= 11 is 0. The first-order valence-electron chi connectivity index (χ1n) is 7.96. The Labute approximate surface area is 138 Å². The van der Waals surface area contributed by atoms with E-state index in [2.05, 4.69) is 17.4 Å². The molecule has 3 unspecified atom stereocenters. The Hall–Kier alpha value is -1.10. The van der Waals surface area contributed by atoms with Gasteiger partial charge in [-0.05, 0) is 31.9 Å². The number of carbonyl (C=O) groups is 1. The second-order valence-electron chi connectivity index (χ2n) is 6.09. The molecular weight excluding hydrogens is 300 g/mol. The Morgan fingerprint density at radius 3 is 2.68 bits per heavy atom. The third-order valence-electron chi connectivity index (χ3n) is 4.35. The Morgan fingerprint density at radius 2 is 2.00 bits per heavy atom. The lowest BCUT2D eigenvalue weighted by molar-refractivity contribution is -0.147. The number of nitrogens with zero attached hydrogens (tertiary/aromatic N) is 1. The monoisotopic (exact) mass is 324 g/mol. The molecule has 2 heterocycles. The van der Waals surface area contributed by atoms with Crippen LogP contribution >= 0.6 is 12.4 Å². The average Bonchev–Trinajstić information content (AvgIpc) is 2.55. The number of benzene rings is 1. The van der Waals surface area contributed by atoms with E-state index >= 15 is 0 Å². The van der Waals surface area contributed by atoms with Crippen LogP contribution in [0.15, 0.2) is 30.3 Å². The van der Waals surface area contributed by atoms with Crippen molar-refractivity contribution in [2.45, 2.75) is 44.4 Å².